The maximum atomic E-state index is 11.9. The summed E-state index contributed by atoms with van der Waals surface area (Å²) in [6.45, 7) is 4.46. The summed E-state index contributed by atoms with van der Waals surface area (Å²) in [5.74, 6) is 0.280. The van der Waals surface area contributed by atoms with E-state index in [9.17, 15) is 4.79 Å². The van der Waals surface area contributed by atoms with Crippen LogP contribution in [0.1, 0.15) is 12.8 Å². The molecule has 0 aliphatic carbocycles. The van der Waals surface area contributed by atoms with Gasteiger partial charge in [-0.2, -0.15) is 0 Å². The Morgan fingerprint density at radius 2 is 2.18 bits per heavy atom. The summed E-state index contributed by atoms with van der Waals surface area (Å²) in [5, 5.41) is 3.03. The van der Waals surface area contributed by atoms with Crippen molar-refractivity contribution in [3.63, 3.8) is 0 Å². The average Bonchev–Trinajstić information content (AvgIpc) is 2.35. The fourth-order valence-electron chi connectivity index (χ4n) is 1.54. The third kappa shape index (κ3) is 4.83. The first-order valence-electron chi connectivity index (χ1n) is 5.80. The molecule has 1 atom stereocenters. The van der Waals surface area contributed by atoms with Crippen molar-refractivity contribution in [3.05, 3.63) is 43.0 Å². The van der Waals surface area contributed by atoms with Gasteiger partial charge in [0.25, 0.3) is 0 Å². The summed E-state index contributed by atoms with van der Waals surface area (Å²) >= 11 is 0. The number of esters is 1. The van der Waals surface area contributed by atoms with Crippen molar-refractivity contribution in [3.8, 4) is 5.75 Å². The lowest BCUT2D eigenvalue weighted by Crippen LogP contribution is -2.24. The molecule has 3 nitrogen and oxygen atoms in total. The van der Waals surface area contributed by atoms with Crippen molar-refractivity contribution in [1.29, 1.82) is 0 Å². The van der Waals surface area contributed by atoms with Crippen molar-refractivity contribution in [2.45, 2.75) is 12.8 Å². The summed E-state index contributed by atoms with van der Waals surface area (Å²) in [4.78, 5) is 11.9. The van der Waals surface area contributed by atoms with Crippen molar-refractivity contribution in [2.75, 3.05) is 13.6 Å². The lowest BCUT2D eigenvalue weighted by molar-refractivity contribution is -0.139. The molecule has 1 N–H and O–H groups in total. The Morgan fingerprint density at radius 1 is 1.47 bits per heavy atom. The van der Waals surface area contributed by atoms with Gasteiger partial charge in [0.1, 0.15) is 5.75 Å². The highest BCUT2D eigenvalue weighted by Crippen LogP contribution is 2.15. The number of ether oxygens (including phenoxy) is 1. The van der Waals surface area contributed by atoms with Gasteiger partial charge in [-0.1, -0.05) is 24.3 Å². The molecule has 0 spiro atoms. The Labute approximate surface area is 102 Å². The molecular weight excluding hydrogens is 214 g/mol. The fraction of sp³-hybridized carbons (Fsp3) is 0.357. The average molecular weight is 233 g/mol. The van der Waals surface area contributed by atoms with Crippen LogP contribution in [0, 0.1) is 5.92 Å². The van der Waals surface area contributed by atoms with Gasteiger partial charge in [-0.25, -0.2) is 0 Å². The quantitative estimate of drug-likeness (QED) is 0.446. The summed E-state index contributed by atoms with van der Waals surface area (Å²) < 4.78 is 5.31. The molecule has 17 heavy (non-hydrogen) atoms. The lowest BCUT2D eigenvalue weighted by Gasteiger charge is -2.13. The molecule has 1 unspecified atom stereocenters. The predicted molar refractivity (Wildman–Crippen MR) is 68.9 cm³/mol. The van der Waals surface area contributed by atoms with Crippen LogP contribution in [0.5, 0.6) is 5.75 Å². The number of para-hydroxylation sites is 1. The second kappa shape index (κ2) is 7.63. The number of benzene rings is 1. The third-order valence-electron chi connectivity index (χ3n) is 2.49. The zero-order chi connectivity index (χ0) is 12.5. The number of hydrogen-bond donors (Lipinski definition) is 1. The maximum Gasteiger partial charge on any atom is 0.314 e. The van der Waals surface area contributed by atoms with Gasteiger partial charge in [0, 0.05) is 0 Å². The monoisotopic (exact) mass is 233 g/mol. The van der Waals surface area contributed by atoms with E-state index in [1.807, 2.05) is 25.2 Å². The van der Waals surface area contributed by atoms with Crippen LogP contribution in [0.15, 0.2) is 43.0 Å². The Hall–Kier alpha value is -1.61. The Balaban J connectivity index is 2.55. The first kappa shape index (κ1) is 13.5. The standard InChI is InChI=1S/C14H19NO2/c1-3-7-12(10-11-15-2)14(16)17-13-8-5-4-6-9-13/h3-6,8-9,12,15H,1,7,10-11H2,2H3. The largest absolute Gasteiger partial charge is 0.426 e. The Morgan fingerprint density at radius 3 is 2.76 bits per heavy atom. The van der Waals surface area contributed by atoms with Gasteiger partial charge in [0.2, 0.25) is 0 Å². The number of carbonyl (C=O) groups is 1. The van der Waals surface area contributed by atoms with E-state index >= 15 is 0 Å². The molecule has 1 rings (SSSR count). The zero-order valence-corrected chi connectivity index (χ0v) is 10.2. The van der Waals surface area contributed by atoms with E-state index < -0.39 is 0 Å². The normalized spacial score (nSPS) is 11.8. The molecule has 0 radical (unpaired) electrons. The summed E-state index contributed by atoms with van der Waals surface area (Å²) in [6, 6.07) is 9.14. The van der Waals surface area contributed by atoms with Crippen molar-refractivity contribution < 1.29 is 9.53 Å². The highest BCUT2D eigenvalue weighted by molar-refractivity contribution is 5.75. The van der Waals surface area contributed by atoms with Crippen LogP contribution in [0.4, 0.5) is 0 Å². The second-order valence-corrected chi connectivity index (χ2v) is 3.85. The highest BCUT2D eigenvalue weighted by Gasteiger charge is 2.18. The molecule has 0 aromatic heterocycles. The van der Waals surface area contributed by atoms with Crippen molar-refractivity contribution >= 4 is 5.97 Å². The minimum Gasteiger partial charge on any atom is -0.426 e. The molecule has 0 aliphatic rings. The van der Waals surface area contributed by atoms with Crippen LogP contribution >= 0.6 is 0 Å². The number of nitrogens with one attached hydrogen (secondary N) is 1. The van der Waals surface area contributed by atoms with Crippen molar-refractivity contribution in [2.24, 2.45) is 5.92 Å². The van der Waals surface area contributed by atoms with E-state index in [0.29, 0.717) is 12.2 Å². The molecule has 0 aliphatic heterocycles. The number of carbonyl (C=O) groups excluding carboxylic acids is 1. The first-order valence-corrected chi connectivity index (χ1v) is 5.80. The van der Waals surface area contributed by atoms with Gasteiger partial charge in [-0.3, -0.25) is 4.79 Å². The lowest BCUT2D eigenvalue weighted by atomic mass is 10.0. The second-order valence-electron chi connectivity index (χ2n) is 3.85. The van der Waals surface area contributed by atoms with Gasteiger partial charge in [0.15, 0.2) is 0 Å². The predicted octanol–water partition coefficient (Wildman–Crippen LogP) is 2.39. The number of rotatable bonds is 7. The van der Waals surface area contributed by atoms with Crippen LogP contribution in [-0.2, 0) is 4.79 Å². The van der Waals surface area contributed by atoms with E-state index in [1.54, 1.807) is 18.2 Å². The van der Waals surface area contributed by atoms with E-state index in [0.717, 1.165) is 13.0 Å². The van der Waals surface area contributed by atoms with Crippen LogP contribution in [0.25, 0.3) is 0 Å². The highest BCUT2D eigenvalue weighted by atomic mass is 16.5. The minimum absolute atomic E-state index is 0.125. The van der Waals surface area contributed by atoms with E-state index in [1.165, 1.54) is 0 Å². The molecule has 0 heterocycles. The van der Waals surface area contributed by atoms with Crippen LogP contribution < -0.4 is 10.1 Å². The molecule has 0 bridgehead atoms. The van der Waals surface area contributed by atoms with E-state index in [2.05, 4.69) is 11.9 Å². The van der Waals surface area contributed by atoms with E-state index in [4.69, 9.17) is 4.74 Å². The Kier molecular flexibility index (Phi) is 6.04. The zero-order valence-electron chi connectivity index (χ0n) is 10.2. The van der Waals surface area contributed by atoms with Gasteiger partial charge < -0.3 is 10.1 Å². The number of hydrogen-bond acceptors (Lipinski definition) is 3. The molecule has 0 fully saturated rings. The van der Waals surface area contributed by atoms with Gasteiger partial charge >= 0.3 is 5.97 Å². The SMILES string of the molecule is C=CCC(CCNC)C(=O)Oc1ccccc1. The Bertz CT molecular complexity index is 348. The number of allylic oxidation sites excluding steroid dienone is 1. The van der Waals surface area contributed by atoms with Gasteiger partial charge in [-0.05, 0) is 38.6 Å². The van der Waals surface area contributed by atoms with Crippen LogP contribution in [0.3, 0.4) is 0 Å². The molecular formula is C14H19NO2. The maximum absolute atomic E-state index is 11.9. The molecule has 92 valence electrons. The summed E-state index contributed by atoms with van der Waals surface area (Å²) in [6.07, 6.45) is 3.16. The van der Waals surface area contributed by atoms with Crippen molar-refractivity contribution in [1.82, 2.24) is 5.32 Å². The third-order valence-corrected chi connectivity index (χ3v) is 2.49. The fourth-order valence-corrected chi connectivity index (χ4v) is 1.54. The molecule has 3 heteroatoms. The molecule has 0 amide bonds. The summed E-state index contributed by atoms with van der Waals surface area (Å²) in [5.41, 5.74) is 0. The minimum atomic E-state index is -0.189. The van der Waals surface area contributed by atoms with E-state index in [-0.39, 0.29) is 11.9 Å². The molecule has 1 aromatic rings. The smallest absolute Gasteiger partial charge is 0.314 e. The van der Waals surface area contributed by atoms with Gasteiger partial charge in [-0.15, -0.1) is 6.58 Å². The van der Waals surface area contributed by atoms with Crippen LogP contribution in [-0.4, -0.2) is 19.6 Å². The molecule has 0 saturated heterocycles. The van der Waals surface area contributed by atoms with Crippen LogP contribution in [0.2, 0.25) is 0 Å². The summed E-state index contributed by atoms with van der Waals surface area (Å²) in [7, 11) is 1.87. The first-order chi connectivity index (χ1) is 8.27. The molecule has 0 saturated carbocycles. The topological polar surface area (TPSA) is 38.3 Å². The van der Waals surface area contributed by atoms with Gasteiger partial charge in [0.05, 0.1) is 5.92 Å². The molecule has 1 aromatic carbocycles.